The molecule has 0 saturated carbocycles. The van der Waals surface area contributed by atoms with Gasteiger partial charge in [-0.1, -0.05) is 15.9 Å². The molecule has 0 saturated heterocycles. The molecular weight excluding hydrogens is 344 g/mol. The van der Waals surface area contributed by atoms with Gasteiger partial charge in [0.25, 0.3) is 10.0 Å². The maximum atomic E-state index is 12.4. The van der Waals surface area contributed by atoms with Crippen molar-refractivity contribution in [1.29, 1.82) is 0 Å². The minimum atomic E-state index is -3.72. The highest BCUT2D eigenvalue weighted by Gasteiger charge is 2.23. The van der Waals surface area contributed by atoms with E-state index in [1.807, 2.05) is 13.0 Å². The summed E-state index contributed by atoms with van der Waals surface area (Å²) in [5, 5.41) is 6.54. The molecule has 0 bridgehead atoms. The van der Waals surface area contributed by atoms with E-state index in [0.29, 0.717) is 17.1 Å². The molecule has 0 aliphatic carbocycles. The number of nitrogens with zero attached hydrogens (tertiary/aromatic N) is 1. The number of halogens is 1. The predicted octanol–water partition coefficient (Wildman–Crippen LogP) is 2.05. The molecule has 0 fully saturated rings. The van der Waals surface area contributed by atoms with Crippen LogP contribution in [0.2, 0.25) is 0 Å². The Morgan fingerprint density at radius 1 is 1.35 bits per heavy atom. The van der Waals surface area contributed by atoms with Crippen molar-refractivity contribution in [3.63, 3.8) is 0 Å². The highest BCUT2D eigenvalue weighted by molar-refractivity contribution is 9.10. The third-order valence-corrected chi connectivity index (χ3v) is 4.76. The first kappa shape index (κ1) is 15.0. The quantitative estimate of drug-likeness (QED) is 0.778. The van der Waals surface area contributed by atoms with Crippen LogP contribution in [0.25, 0.3) is 0 Å². The number of aromatic nitrogens is 2. The number of H-pyrrole nitrogens is 1. The Morgan fingerprint density at radius 3 is 2.65 bits per heavy atom. The average molecular weight is 359 g/mol. The summed E-state index contributed by atoms with van der Waals surface area (Å²) in [4.78, 5) is 0.109. The van der Waals surface area contributed by atoms with E-state index in [-0.39, 0.29) is 11.4 Å². The Bertz CT molecular complexity index is 720. The standard InChI is InChI=1S/C12H15BrN4O2S/c1-7-3-9(13)5-10(4-7)17-20(18,19)12-8(2)15-16-11(12)6-14/h3-5,17H,6,14H2,1-2H3,(H,15,16). The lowest BCUT2D eigenvalue weighted by Gasteiger charge is -2.10. The van der Waals surface area contributed by atoms with E-state index >= 15 is 0 Å². The predicted molar refractivity (Wildman–Crippen MR) is 80.9 cm³/mol. The summed E-state index contributed by atoms with van der Waals surface area (Å²) in [7, 11) is -3.72. The van der Waals surface area contributed by atoms with E-state index in [2.05, 4.69) is 30.8 Å². The summed E-state index contributed by atoms with van der Waals surface area (Å²) in [6.07, 6.45) is 0. The third-order valence-electron chi connectivity index (χ3n) is 2.72. The maximum Gasteiger partial charge on any atom is 0.265 e. The number of nitrogens with one attached hydrogen (secondary N) is 2. The molecule has 6 nitrogen and oxygen atoms in total. The molecule has 0 aliphatic rings. The molecule has 0 unspecified atom stereocenters. The number of hydrogen-bond acceptors (Lipinski definition) is 4. The van der Waals surface area contributed by atoms with Gasteiger partial charge in [0, 0.05) is 11.0 Å². The molecule has 8 heteroatoms. The van der Waals surface area contributed by atoms with Crippen LogP contribution < -0.4 is 10.5 Å². The molecular formula is C12H15BrN4O2S. The lowest BCUT2D eigenvalue weighted by molar-refractivity contribution is 0.599. The summed E-state index contributed by atoms with van der Waals surface area (Å²) in [5.74, 6) is 0. The number of aromatic amines is 1. The van der Waals surface area contributed by atoms with Gasteiger partial charge in [-0.05, 0) is 37.6 Å². The van der Waals surface area contributed by atoms with Crippen LogP contribution in [0.1, 0.15) is 17.0 Å². The van der Waals surface area contributed by atoms with Gasteiger partial charge in [-0.15, -0.1) is 0 Å². The van der Waals surface area contributed by atoms with Crippen molar-refractivity contribution in [2.45, 2.75) is 25.3 Å². The van der Waals surface area contributed by atoms with Crippen LogP contribution in [0.3, 0.4) is 0 Å². The molecule has 2 aromatic rings. The van der Waals surface area contributed by atoms with Crippen molar-refractivity contribution in [3.8, 4) is 0 Å². The highest BCUT2D eigenvalue weighted by atomic mass is 79.9. The van der Waals surface area contributed by atoms with Gasteiger partial charge in [-0.25, -0.2) is 8.42 Å². The topological polar surface area (TPSA) is 101 Å². The van der Waals surface area contributed by atoms with Crippen LogP contribution in [-0.2, 0) is 16.6 Å². The summed E-state index contributed by atoms with van der Waals surface area (Å²) >= 11 is 3.34. The second-order valence-electron chi connectivity index (χ2n) is 4.45. The summed E-state index contributed by atoms with van der Waals surface area (Å²) < 4.78 is 28.2. The Balaban J connectivity index is 2.43. The molecule has 2 rings (SSSR count). The van der Waals surface area contributed by atoms with E-state index in [1.165, 1.54) is 0 Å². The van der Waals surface area contributed by atoms with Gasteiger partial charge in [0.1, 0.15) is 4.90 Å². The second-order valence-corrected chi connectivity index (χ2v) is 6.99. The zero-order chi connectivity index (χ0) is 14.9. The van der Waals surface area contributed by atoms with Gasteiger partial charge in [-0.3, -0.25) is 9.82 Å². The Hall–Kier alpha value is -1.38. The van der Waals surface area contributed by atoms with E-state index in [4.69, 9.17) is 5.73 Å². The van der Waals surface area contributed by atoms with Crippen LogP contribution >= 0.6 is 15.9 Å². The SMILES string of the molecule is Cc1cc(Br)cc(NS(=O)(=O)c2c(CN)n[nH]c2C)c1. The van der Waals surface area contributed by atoms with E-state index in [9.17, 15) is 8.42 Å². The van der Waals surface area contributed by atoms with Crippen molar-refractivity contribution in [1.82, 2.24) is 10.2 Å². The summed E-state index contributed by atoms with van der Waals surface area (Å²) in [5.41, 5.74) is 7.73. The van der Waals surface area contributed by atoms with Crippen molar-refractivity contribution in [2.75, 3.05) is 4.72 Å². The number of anilines is 1. The van der Waals surface area contributed by atoms with Gasteiger partial charge < -0.3 is 5.73 Å². The molecule has 0 atom stereocenters. The fraction of sp³-hybridized carbons (Fsp3) is 0.250. The fourth-order valence-electron chi connectivity index (χ4n) is 1.97. The van der Waals surface area contributed by atoms with Crippen molar-refractivity contribution < 1.29 is 8.42 Å². The molecule has 0 radical (unpaired) electrons. The smallest absolute Gasteiger partial charge is 0.265 e. The lowest BCUT2D eigenvalue weighted by atomic mass is 10.2. The molecule has 0 amide bonds. The molecule has 108 valence electrons. The first-order valence-electron chi connectivity index (χ1n) is 5.87. The Labute approximate surface area is 125 Å². The number of rotatable bonds is 4. The van der Waals surface area contributed by atoms with E-state index < -0.39 is 10.0 Å². The number of sulfonamides is 1. The Kier molecular flexibility index (Phi) is 4.17. The lowest BCUT2D eigenvalue weighted by Crippen LogP contribution is -2.16. The number of hydrogen-bond donors (Lipinski definition) is 3. The van der Waals surface area contributed by atoms with Crippen LogP contribution in [0.5, 0.6) is 0 Å². The molecule has 1 aromatic carbocycles. The van der Waals surface area contributed by atoms with Crippen molar-refractivity contribution in [2.24, 2.45) is 5.73 Å². The zero-order valence-corrected chi connectivity index (χ0v) is 13.5. The first-order chi connectivity index (χ1) is 9.33. The maximum absolute atomic E-state index is 12.4. The minimum Gasteiger partial charge on any atom is -0.325 e. The Morgan fingerprint density at radius 2 is 2.05 bits per heavy atom. The third kappa shape index (κ3) is 3.02. The number of aryl methyl sites for hydroxylation is 2. The number of nitrogens with two attached hydrogens (primary N) is 1. The van der Waals surface area contributed by atoms with Crippen molar-refractivity contribution in [3.05, 3.63) is 39.6 Å². The zero-order valence-electron chi connectivity index (χ0n) is 11.1. The summed E-state index contributed by atoms with van der Waals surface area (Å²) in [6, 6.07) is 5.34. The van der Waals surface area contributed by atoms with E-state index in [0.717, 1.165) is 10.0 Å². The van der Waals surface area contributed by atoms with E-state index in [1.54, 1.807) is 19.1 Å². The van der Waals surface area contributed by atoms with Crippen LogP contribution in [0, 0.1) is 13.8 Å². The molecule has 0 aliphatic heterocycles. The second kappa shape index (κ2) is 5.55. The normalized spacial score (nSPS) is 11.6. The van der Waals surface area contributed by atoms with Crippen LogP contribution in [0.15, 0.2) is 27.6 Å². The fourth-order valence-corrected chi connectivity index (χ4v) is 3.99. The van der Waals surface area contributed by atoms with Gasteiger partial charge in [0.15, 0.2) is 0 Å². The van der Waals surface area contributed by atoms with Crippen LogP contribution in [-0.4, -0.2) is 18.6 Å². The highest BCUT2D eigenvalue weighted by Crippen LogP contribution is 2.24. The first-order valence-corrected chi connectivity index (χ1v) is 8.15. The number of benzene rings is 1. The average Bonchev–Trinajstić information content (AvgIpc) is 2.69. The minimum absolute atomic E-state index is 0.0537. The monoisotopic (exact) mass is 358 g/mol. The van der Waals surface area contributed by atoms with Gasteiger partial charge >= 0.3 is 0 Å². The van der Waals surface area contributed by atoms with Gasteiger partial charge in [-0.2, -0.15) is 5.10 Å². The van der Waals surface area contributed by atoms with Gasteiger partial charge in [0.05, 0.1) is 17.1 Å². The molecule has 4 N–H and O–H groups in total. The molecule has 0 spiro atoms. The van der Waals surface area contributed by atoms with Gasteiger partial charge in [0.2, 0.25) is 0 Å². The summed E-state index contributed by atoms with van der Waals surface area (Å²) in [6.45, 7) is 3.59. The largest absolute Gasteiger partial charge is 0.325 e. The van der Waals surface area contributed by atoms with Crippen LogP contribution in [0.4, 0.5) is 5.69 Å². The molecule has 1 aromatic heterocycles. The molecule has 1 heterocycles. The van der Waals surface area contributed by atoms with Crippen molar-refractivity contribution >= 4 is 31.6 Å². The molecule has 20 heavy (non-hydrogen) atoms.